The summed E-state index contributed by atoms with van der Waals surface area (Å²) in [6, 6.07) is 0. The molecule has 0 spiro atoms. The fraction of sp³-hybridized carbons (Fsp3) is 0. The van der Waals surface area contributed by atoms with Crippen LogP contribution >= 0.6 is 0 Å². The number of aliphatic hydroxyl groups is 2. The Bertz CT molecular complexity index is 68.7. The summed E-state index contributed by atoms with van der Waals surface area (Å²) in [6.07, 6.45) is 1.50. The molecule has 5 heteroatoms. The van der Waals surface area contributed by atoms with Gasteiger partial charge in [-0.25, -0.2) is 0 Å². The van der Waals surface area contributed by atoms with Gasteiger partial charge in [-0.1, -0.05) is 0 Å². The van der Waals surface area contributed by atoms with Gasteiger partial charge >= 0.3 is 0 Å². The maximum atomic E-state index is 6.88. The van der Waals surface area contributed by atoms with E-state index in [9.17, 15) is 0 Å². The topological polar surface area (TPSA) is 88.0 Å². The zero-order valence-electron chi connectivity index (χ0n) is 3.20. The molecule has 7 heavy (non-hydrogen) atoms. The van der Waals surface area contributed by atoms with E-state index in [4.69, 9.17) is 20.7 Å². The second kappa shape index (κ2) is 54.7. The molecule has 0 aliphatic rings. The zero-order valence-corrected chi connectivity index (χ0v) is 5.53. The van der Waals surface area contributed by atoms with E-state index in [1.807, 2.05) is 0 Å². The number of hydrogen-bond donors (Lipinski definition) is 2. The summed E-state index contributed by atoms with van der Waals surface area (Å²) in [5.41, 5.74) is 0. The predicted octanol–water partition coefficient (Wildman–Crippen LogP) is -0.701. The van der Waals surface area contributed by atoms with E-state index < -0.39 is 0 Å². The van der Waals surface area contributed by atoms with Gasteiger partial charge in [0.25, 0.3) is 12.5 Å². The molecule has 38 valence electrons. The van der Waals surface area contributed by atoms with E-state index in [2.05, 4.69) is 0 Å². The van der Waals surface area contributed by atoms with Gasteiger partial charge in [0.15, 0.2) is 0 Å². The molecular weight excluding hydrogens is 212 g/mol. The van der Waals surface area contributed by atoms with Gasteiger partial charge in [-0.05, 0) is 0 Å². The van der Waals surface area contributed by atoms with E-state index in [0.717, 1.165) is 12.5 Å². The van der Waals surface area contributed by atoms with Crippen molar-refractivity contribution in [3.8, 4) is 12.5 Å². The van der Waals surface area contributed by atoms with Crippen LogP contribution in [0.5, 0.6) is 0 Å². The van der Waals surface area contributed by atoms with Crippen molar-refractivity contribution >= 4 is 23.7 Å². The van der Waals surface area contributed by atoms with Crippen LogP contribution < -0.4 is 0 Å². The van der Waals surface area contributed by atoms with Gasteiger partial charge in [-0.2, -0.15) is 10.5 Å². The first kappa shape index (κ1) is 16.2. The third-order valence-corrected chi connectivity index (χ3v) is 0. The van der Waals surface area contributed by atoms with Crippen LogP contribution in [-0.2, 0) is 0 Å². The molecule has 0 aliphatic carbocycles. The van der Waals surface area contributed by atoms with Gasteiger partial charge < -0.3 is 10.2 Å². The molecule has 0 bridgehead atoms. The van der Waals surface area contributed by atoms with Crippen molar-refractivity contribution in [2.75, 3.05) is 0 Å². The number of hydrogen-bond acceptors (Lipinski definition) is 4. The molecule has 0 atom stereocenters. The number of nitrogens with zero attached hydrogens (tertiary/aromatic N) is 2. The van der Waals surface area contributed by atoms with Crippen LogP contribution in [0.4, 0.5) is 0 Å². The van der Waals surface area contributed by atoms with Gasteiger partial charge in [0, 0.05) is 23.7 Å². The zero-order chi connectivity index (χ0) is 5.41. The van der Waals surface area contributed by atoms with E-state index >= 15 is 0 Å². The SMILES string of the molecule is N#CO.N#CO.[Te]. The molecule has 0 rings (SSSR count). The minimum atomic E-state index is 0. The van der Waals surface area contributed by atoms with Crippen molar-refractivity contribution in [2.24, 2.45) is 0 Å². The number of rotatable bonds is 0. The molecule has 0 aromatic rings. The molecule has 4 nitrogen and oxygen atoms in total. The van der Waals surface area contributed by atoms with Gasteiger partial charge in [0.2, 0.25) is 0 Å². The summed E-state index contributed by atoms with van der Waals surface area (Å²) < 4.78 is 0. The maximum Gasteiger partial charge on any atom is 0.283 e. The molecule has 0 unspecified atom stereocenters. The molecule has 2 radical (unpaired) electrons. The number of aliphatic hydroxyl groups excluding tert-OH is 2. The van der Waals surface area contributed by atoms with Crippen molar-refractivity contribution in [1.29, 1.82) is 10.5 Å². The third-order valence-electron chi connectivity index (χ3n) is 0. The van der Waals surface area contributed by atoms with Crippen LogP contribution in [0.15, 0.2) is 0 Å². The molecule has 0 aliphatic heterocycles. The second-order valence-electron chi connectivity index (χ2n) is 0.200. The summed E-state index contributed by atoms with van der Waals surface area (Å²) in [7, 11) is 0. The average Bonchev–Trinajstić information content (AvgIpc) is 1.39. The smallest absolute Gasteiger partial charge is 0.283 e. The van der Waals surface area contributed by atoms with Crippen LogP contribution in [0.2, 0.25) is 0 Å². The van der Waals surface area contributed by atoms with Crippen molar-refractivity contribution in [3.05, 3.63) is 0 Å². The average molecular weight is 214 g/mol. The van der Waals surface area contributed by atoms with E-state index in [-0.39, 0.29) is 23.7 Å². The Kier molecular flexibility index (Phi) is 126. The fourth-order valence-corrected chi connectivity index (χ4v) is 0. The largest absolute Gasteiger partial charge is 0.443 e. The van der Waals surface area contributed by atoms with Gasteiger partial charge in [0.05, 0.1) is 0 Å². The minimum absolute atomic E-state index is 0. The summed E-state index contributed by atoms with van der Waals surface area (Å²) in [5, 5.41) is 27.5. The Labute approximate surface area is 57.3 Å². The molecule has 0 aromatic carbocycles. The first-order chi connectivity index (χ1) is 2.83. The van der Waals surface area contributed by atoms with E-state index in [0.29, 0.717) is 0 Å². The van der Waals surface area contributed by atoms with E-state index in [1.165, 1.54) is 0 Å². The Morgan fingerprint density at radius 2 is 1.00 bits per heavy atom. The Morgan fingerprint density at radius 1 is 1.00 bits per heavy atom. The van der Waals surface area contributed by atoms with Crippen molar-refractivity contribution in [2.45, 2.75) is 0 Å². The Balaban J connectivity index is -0.0000000400. The maximum absolute atomic E-state index is 6.88. The quantitative estimate of drug-likeness (QED) is 0.411. The summed E-state index contributed by atoms with van der Waals surface area (Å²) in [5.74, 6) is 0. The van der Waals surface area contributed by atoms with E-state index in [1.54, 1.807) is 0 Å². The molecule has 0 fully saturated rings. The molecule has 0 aromatic heterocycles. The predicted molar refractivity (Wildman–Crippen MR) is 20.9 cm³/mol. The fourth-order valence-electron chi connectivity index (χ4n) is 0. The van der Waals surface area contributed by atoms with Crippen LogP contribution in [0.25, 0.3) is 0 Å². The Hall–Kier alpha value is -0.630. The van der Waals surface area contributed by atoms with Gasteiger partial charge in [0.1, 0.15) is 0 Å². The first-order valence-corrected chi connectivity index (χ1v) is 0.894. The monoisotopic (exact) mass is 216 g/mol. The summed E-state index contributed by atoms with van der Waals surface area (Å²) in [4.78, 5) is 0. The second-order valence-corrected chi connectivity index (χ2v) is 0.200. The first-order valence-electron chi connectivity index (χ1n) is 0.894. The molecule has 0 saturated carbocycles. The van der Waals surface area contributed by atoms with Crippen LogP contribution in [0, 0.1) is 23.0 Å². The van der Waals surface area contributed by atoms with Crippen molar-refractivity contribution < 1.29 is 10.2 Å². The van der Waals surface area contributed by atoms with Gasteiger partial charge in [-0.15, -0.1) is 0 Å². The van der Waals surface area contributed by atoms with Crippen LogP contribution in [-0.4, -0.2) is 33.9 Å². The van der Waals surface area contributed by atoms with Crippen LogP contribution in [0.1, 0.15) is 0 Å². The molecule has 2 N–H and O–H groups in total. The summed E-state index contributed by atoms with van der Waals surface area (Å²) >= 11 is 0. The molecule has 0 heterocycles. The standard InChI is InChI=1S/2CHNO.Te/c2*2-1-3;/h2*3H;. The van der Waals surface area contributed by atoms with Crippen LogP contribution in [0.3, 0.4) is 0 Å². The minimum Gasteiger partial charge on any atom is -0.443 e. The Morgan fingerprint density at radius 3 is 1.00 bits per heavy atom. The number of nitriles is 2. The van der Waals surface area contributed by atoms with Crippen molar-refractivity contribution in [3.63, 3.8) is 0 Å². The molecular formula is C2H2N2O2Te. The summed E-state index contributed by atoms with van der Waals surface area (Å²) in [6.45, 7) is 0. The normalized spacial score (nSPS) is 2.00. The third kappa shape index (κ3) is 153. The van der Waals surface area contributed by atoms with Crippen molar-refractivity contribution in [1.82, 2.24) is 0 Å². The molecule has 0 saturated heterocycles. The van der Waals surface area contributed by atoms with Gasteiger partial charge in [-0.3, -0.25) is 0 Å². The molecule has 0 amide bonds.